The van der Waals surface area contributed by atoms with E-state index in [9.17, 15) is 48.5 Å². The number of nitrogens with zero attached hydrogens (tertiary/aromatic N) is 3. The third-order valence-electron chi connectivity index (χ3n) is 6.72. The highest BCUT2D eigenvalue weighted by atomic mass is 19.1. The predicted octanol–water partition coefficient (Wildman–Crippen LogP) is 1.23. The first-order valence-electron chi connectivity index (χ1n) is 13.7. The van der Waals surface area contributed by atoms with E-state index in [-0.39, 0.29) is 30.0 Å². The molecule has 242 valence electrons. The van der Waals surface area contributed by atoms with Gasteiger partial charge in [-0.2, -0.15) is 4.98 Å². The number of carboxylic acids is 3. The van der Waals surface area contributed by atoms with E-state index < -0.39 is 84.4 Å². The summed E-state index contributed by atoms with van der Waals surface area (Å²) in [7, 11) is 1.32. The molecule has 1 aromatic heterocycles. The minimum Gasteiger partial charge on any atom is -0.481 e. The predicted molar refractivity (Wildman–Crippen MR) is 158 cm³/mol. The summed E-state index contributed by atoms with van der Waals surface area (Å²) >= 11 is 0. The van der Waals surface area contributed by atoms with Gasteiger partial charge in [0, 0.05) is 19.4 Å². The van der Waals surface area contributed by atoms with Gasteiger partial charge in [0.1, 0.15) is 17.9 Å². The zero-order valence-corrected chi connectivity index (χ0v) is 24.4. The number of ether oxygens (including phenoxy) is 1. The SMILES string of the molecule is C#CCN(Cc1ccc2nc(OC)[nH]c(=O)c2c1)N(C(=O)CC[C@H](NC(=O)c1ccccc1F)C(=O)O)[C@H](CCC(=O)O)C(=O)O. The van der Waals surface area contributed by atoms with Gasteiger partial charge in [-0.05, 0) is 42.7 Å². The van der Waals surface area contributed by atoms with Crippen LogP contribution in [0.3, 0.4) is 0 Å². The first-order valence-corrected chi connectivity index (χ1v) is 13.7. The van der Waals surface area contributed by atoms with Crippen LogP contribution in [-0.2, 0) is 25.7 Å². The van der Waals surface area contributed by atoms with Crippen LogP contribution in [0.1, 0.15) is 41.6 Å². The molecule has 0 spiro atoms. The summed E-state index contributed by atoms with van der Waals surface area (Å²) in [6, 6.07) is 5.89. The third kappa shape index (κ3) is 8.86. The molecule has 46 heavy (non-hydrogen) atoms. The number of nitrogens with one attached hydrogen (secondary N) is 2. The molecule has 16 heteroatoms. The van der Waals surface area contributed by atoms with Crippen LogP contribution in [-0.4, -0.2) is 90.8 Å². The molecular weight excluding hydrogens is 609 g/mol. The third-order valence-corrected chi connectivity index (χ3v) is 6.72. The number of aromatic amines is 1. The molecule has 0 unspecified atom stereocenters. The van der Waals surface area contributed by atoms with Gasteiger partial charge in [0.15, 0.2) is 0 Å². The Morgan fingerprint density at radius 2 is 1.78 bits per heavy atom. The van der Waals surface area contributed by atoms with Crippen molar-refractivity contribution >= 4 is 40.6 Å². The highest BCUT2D eigenvalue weighted by Gasteiger charge is 2.35. The van der Waals surface area contributed by atoms with Gasteiger partial charge in [-0.1, -0.05) is 24.1 Å². The summed E-state index contributed by atoms with van der Waals surface area (Å²) in [4.78, 5) is 81.0. The van der Waals surface area contributed by atoms with Gasteiger partial charge in [-0.25, -0.2) is 19.0 Å². The van der Waals surface area contributed by atoms with E-state index >= 15 is 0 Å². The average Bonchev–Trinajstić information content (AvgIpc) is 3.00. The number of carbonyl (C=O) groups is 5. The first kappa shape index (κ1) is 34.7. The van der Waals surface area contributed by atoms with E-state index in [1.54, 1.807) is 6.07 Å². The topological polar surface area (TPSA) is 220 Å². The Hall–Kier alpha value is -5.82. The lowest BCUT2D eigenvalue weighted by Gasteiger charge is -2.38. The monoisotopic (exact) mass is 639 g/mol. The van der Waals surface area contributed by atoms with Gasteiger partial charge in [0.05, 0.1) is 30.1 Å². The molecule has 0 saturated heterocycles. The number of H-pyrrole nitrogens is 1. The number of benzene rings is 2. The number of hydrogen-bond donors (Lipinski definition) is 5. The smallest absolute Gasteiger partial charge is 0.328 e. The number of rotatable bonds is 16. The zero-order chi connectivity index (χ0) is 34.0. The van der Waals surface area contributed by atoms with E-state index in [2.05, 4.69) is 21.2 Å². The molecular formula is C30H30FN5O10. The van der Waals surface area contributed by atoms with Crippen molar-refractivity contribution in [3.63, 3.8) is 0 Å². The van der Waals surface area contributed by atoms with E-state index in [1.165, 1.54) is 31.4 Å². The van der Waals surface area contributed by atoms with E-state index in [1.807, 2.05) is 0 Å². The molecule has 5 N–H and O–H groups in total. The van der Waals surface area contributed by atoms with Crippen molar-refractivity contribution < 1.29 is 48.4 Å². The Bertz CT molecular complexity index is 1740. The molecule has 1 heterocycles. The van der Waals surface area contributed by atoms with Crippen LogP contribution in [0.15, 0.2) is 47.3 Å². The number of amides is 2. The van der Waals surface area contributed by atoms with Crippen molar-refractivity contribution in [2.45, 2.75) is 44.3 Å². The van der Waals surface area contributed by atoms with Gasteiger partial charge >= 0.3 is 17.9 Å². The Kier molecular flexibility index (Phi) is 11.9. The molecule has 0 aliphatic carbocycles. The molecule has 15 nitrogen and oxygen atoms in total. The summed E-state index contributed by atoms with van der Waals surface area (Å²) in [6.45, 7) is -0.592. The number of aliphatic carboxylic acids is 3. The molecule has 0 aliphatic rings. The summed E-state index contributed by atoms with van der Waals surface area (Å²) in [5.41, 5.74) is -0.296. The molecule has 2 atom stereocenters. The fraction of sp³-hybridized carbons (Fsp3) is 0.300. The van der Waals surface area contributed by atoms with Crippen molar-refractivity contribution in [1.82, 2.24) is 25.3 Å². The minimum atomic E-state index is -1.75. The lowest BCUT2D eigenvalue weighted by atomic mass is 10.1. The van der Waals surface area contributed by atoms with Gasteiger partial charge in [0.2, 0.25) is 5.91 Å². The number of terminal acetylenes is 1. The van der Waals surface area contributed by atoms with Crippen LogP contribution < -0.4 is 15.6 Å². The number of fused-ring (bicyclic) bond motifs is 1. The maximum atomic E-state index is 14.1. The molecule has 3 aromatic rings. The van der Waals surface area contributed by atoms with Gasteiger partial charge in [-0.3, -0.25) is 29.2 Å². The van der Waals surface area contributed by atoms with E-state index in [4.69, 9.17) is 11.2 Å². The zero-order valence-electron chi connectivity index (χ0n) is 24.4. The van der Waals surface area contributed by atoms with E-state index in [0.717, 1.165) is 22.2 Å². The summed E-state index contributed by atoms with van der Waals surface area (Å²) in [5.74, 6) is -5.03. The molecule has 3 rings (SSSR count). The summed E-state index contributed by atoms with van der Waals surface area (Å²) < 4.78 is 19.0. The van der Waals surface area contributed by atoms with Crippen LogP contribution >= 0.6 is 0 Å². The molecule has 2 aromatic carbocycles. The fourth-order valence-corrected chi connectivity index (χ4v) is 4.54. The number of methoxy groups -OCH3 is 1. The second-order valence-electron chi connectivity index (χ2n) is 9.86. The molecule has 2 amide bonds. The van der Waals surface area contributed by atoms with Crippen LogP contribution in [0.4, 0.5) is 4.39 Å². The fourth-order valence-electron chi connectivity index (χ4n) is 4.54. The van der Waals surface area contributed by atoms with Gasteiger partial charge < -0.3 is 25.4 Å². The highest BCUT2D eigenvalue weighted by Crippen LogP contribution is 2.20. The summed E-state index contributed by atoms with van der Waals surface area (Å²) in [6.07, 6.45) is 3.18. The number of hydrogen-bond acceptors (Lipinski definition) is 9. The maximum Gasteiger partial charge on any atom is 0.328 e. The van der Waals surface area contributed by atoms with Crippen molar-refractivity contribution in [2.75, 3.05) is 13.7 Å². The minimum absolute atomic E-state index is 0.0246. The molecule has 0 saturated carbocycles. The lowest BCUT2D eigenvalue weighted by molar-refractivity contribution is -0.170. The van der Waals surface area contributed by atoms with Crippen LogP contribution in [0.2, 0.25) is 0 Å². The van der Waals surface area contributed by atoms with Gasteiger partial charge in [-0.15, -0.1) is 6.42 Å². The second-order valence-corrected chi connectivity index (χ2v) is 9.86. The van der Waals surface area contributed by atoms with Crippen LogP contribution in [0.25, 0.3) is 10.9 Å². The molecule has 0 fully saturated rings. The van der Waals surface area contributed by atoms with Crippen molar-refractivity contribution in [3.05, 3.63) is 69.8 Å². The average molecular weight is 640 g/mol. The normalized spacial score (nSPS) is 12.1. The van der Waals surface area contributed by atoms with Crippen molar-refractivity contribution in [1.29, 1.82) is 0 Å². The van der Waals surface area contributed by atoms with Crippen LogP contribution in [0.5, 0.6) is 6.01 Å². The maximum absolute atomic E-state index is 14.1. The molecule has 0 aliphatic heterocycles. The molecule has 0 radical (unpaired) electrons. The summed E-state index contributed by atoms with van der Waals surface area (Å²) in [5, 5.41) is 33.1. The van der Waals surface area contributed by atoms with Crippen molar-refractivity contribution in [3.8, 4) is 18.4 Å². The highest BCUT2D eigenvalue weighted by molar-refractivity contribution is 5.97. The second kappa shape index (κ2) is 15.8. The van der Waals surface area contributed by atoms with Crippen LogP contribution in [0, 0.1) is 18.2 Å². The first-order chi connectivity index (χ1) is 21.9. The Morgan fingerprint density at radius 3 is 2.39 bits per heavy atom. The Labute approximate surface area is 260 Å². The number of carbonyl (C=O) groups excluding carboxylic acids is 2. The standard InChI is InChI=1S/C30H30FN5O10/c1-3-14-35(16-17-8-9-21-19(15-17)27(41)34-30(33-21)46-2)36(23(29(44)45)11-13-25(38)39)24(37)12-10-22(28(42)43)32-26(40)18-6-4-5-7-20(18)31/h1,4-9,15,22-23H,10-14,16H2,2H3,(H,32,40)(H,38,39)(H,42,43)(H,44,45)(H,33,34,41)/t22-,23+/m0/s1. The van der Waals surface area contributed by atoms with Gasteiger partial charge in [0.25, 0.3) is 17.5 Å². The number of aromatic nitrogens is 2. The number of hydrazine groups is 1. The number of carboxylic acid groups (broad SMARTS) is 3. The van der Waals surface area contributed by atoms with E-state index in [0.29, 0.717) is 5.56 Å². The Morgan fingerprint density at radius 1 is 1.07 bits per heavy atom. The quantitative estimate of drug-likeness (QED) is 0.110. The largest absolute Gasteiger partial charge is 0.481 e. The molecule has 0 bridgehead atoms. The van der Waals surface area contributed by atoms with Crippen molar-refractivity contribution in [2.24, 2.45) is 0 Å². The number of halogens is 1. The lowest BCUT2D eigenvalue weighted by Crippen LogP contribution is -2.55. The Balaban J connectivity index is 1.94.